The molecule has 0 unspecified atom stereocenters. The van der Waals surface area contributed by atoms with Crippen molar-refractivity contribution in [3.8, 4) is 0 Å². The largest absolute Gasteiger partial charge is 0.324 e. The van der Waals surface area contributed by atoms with Crippen molar-refractivity contribution in [3.63, 3.8) is 0 Å². The maximum atomic E-state index is 10.9. The summed E-state index contributed by atoms with van der Waals surface area (Å²) < 4.78 is 0. The number of rotatable bonds is 7. The third-order valence-corrected chi connectivity index (χ3v) is 3.89. The number of likely N-dealkylation sites (N-methyl/N-ethyl adjacent to an activating group) is 1. The smallest absolute Gasteiger partial charge is 0.269 e. The van der Waals surface area contributed by atoms with Gasteiger partial charge in [-0.2, -0.15) is 0 Å². The fourth-order valence-corrected chi connectivity index (χ4v) is 2.65. The van der Waals surface area contributed by atoms with Crippen molar-refractivity contribution in [1.82, 2.24) is 9.80 Å². The Morgan fingerprint density at radius 1 is 1.43 bits per heavy atom. The molecule has 1 aliphatic rings. The van der Waals surface area contributed by atoms with E-state index in [0.29, 0.717) is 6.54 Å². The van der Waals surface area contributed by atoms with Gasteiger partial charge in [-0.05, 0) is 44.6 Å². The summed E-state index contributed by atoms with van der Waals surface area (Å²) in [6.45, 7) is 4.97. The Morgan fingerprint density at radius 2 is 2.14 bits per heavy atom. The highest BCUT2D eigenvalue weighted by atomic mass is 16.6. The minimum Gasteiger partial charge on any atom is -0.324 e. The van der Waals surface area contributed by atoms with E-state index < -0.39 is 0 Å². The number of anilines is 1. The average Bonchev–Trinajstić information content (AvgIpc) is 2.98. The van der Waals surface area contributed by atoms with Gasteiger partial charge in [0.05, 0.1) is 10.6 Å². The Bertz CT molecular complexity index is 488. The molecule has 3 N–H and O–H groups in total. The van der Waals surface area contributed by atoms with E-state index in [1.165, 1.54) is 32.0 Å². The monoisotopic (exact) mass is 293 g/mol. The molecule has 116 valence electrons. The van der Waals surface area contributed by atoms with Crippen LogP contribution in [0.25, 0.3) is 0 Å². The van der Waals surface area contributed by atoms with Gasteiger partial charge in [0.25, 0.3) is 5.69 Å². The summed E-state index contributed by atoms with van der Waals surface area (Å²) in [4.78, 5) is 15.1. The second-order valence-corrected chi connectivity index (χ2v) is 5.53. The Morgan fingerprint density at radius 3 is 2.76 bits per heavy atom. The molecule has 1 fully saturated rings. The summed E-state index contributed by atoms with van der Waals surface area (Å²) in [6, 6.07) is 4.70. The molecule has 1 aliphatic heterocycles. The molecular formula is C14H23N5O2. The molecule has 0 bridgehead atoms. The lowest BCUT2D eigenvalue weighted by Gasteiger charge is -2.22. The van der Waals surface area contributed by atoms with Crippen LogP contribution in [0.3, 0.4) is 0 Å². The van der Waals surface area contributed by atoms with Crippen LogP contribution >= 0.6 is 0 Å². The van der Waals surface area contributed by atoms with E-state index >= 15 is 0 Å². The maximum absolute atomic E-state index is 10.9. The van der Waals surface area contributed by atoms with Gasteiger partial charge in [0.1, 0.15) is 0 Å². The third kappa shape index (κ3) is 4.38. The quantitative estimate of drug-likeness (QED) is 0.449. The number of hydrogen-bond donors (Lipinski definition) is 2. The second kappa shape index (κ2) is 7.35. The van der Waals surface area contributed by atoms with Gasteiger partial charge in [-0.3, -0.25) is 16.0 Å². The normalized spacial score (nSPS) is 15.6. The number of nitro benzene ring substituents is 1. The first-order valence-corrected chi connectivity index (χ1v) is 7.25. The molecule has 0 radical (unpaired) electrons. The summed E-state index contributed by atoms with van der Waals surface area (Å²) in [7, 11) is 2.02. The first-order valence-electron chi connectivity index (χ1n) is 7.25. The van der Waals surface area contributed by atoms with Crippen molar-refractivity contribution in [2.45, 2.75) is 19.4 Å². The molecule has 0 aliphatic carbocycles. The highest BCUT2D eigenvalue weighted by molar-refractivity contribution is 5.55. The molecule has 7 nitrogen and oxygen atoms in total. The molecule has 0 spiro atoms. The van der Waals surface area contributed by atoms with Gasteiger partial charge < -0.3 is 15.2 Å². The zero-order valence-corrected chi connectivity index (χ0v) is 12.4. The maximum Gasteiger partial charge on any atom is 0.269 e. The van der Waals surface area contributed by atoms with Gasteiger partial charge in [0.15, 0.2) is 0 Å². The van der Waals surface area contributed by atoms with Crippen LogP contribution in [0.15, 0.2) is 18.2 Å². The van der Waals surface area contributed by atoms with Gasteiger partial charge in [-0.25, -0.2) is 0 Å². The highest BCUT2D eigenvalue weighted by Crippen LogP contribution is 2.22. The van der Waals surface area contributed by atoms with Crippen LogP contribution in [0.1, 0.15) is 18.4 Å². The Hall–Kier alpha value is -1.70. The van der Waals surface area contributed by atoms with E-state index in [1.807, 2.05) is 7.05 Å². The zero-order valence-electron chi connectivity index (χ0n) is 12.4. The van der Waals surface area contributed by atoms with Crippen LogP contribution in [0.4, 0.5) is 11.4 Å². The summed E-state index contributed by atoms with van der Waals surface area (Å²) in [5.74, 6) is 5.48. The van der Waals surface area contributed by atoms with E-state index in [-0.39, 0.29) is 10.6 Å². The topological polar surface area (TPSA) is 87.7 Å². The van der Waals surface area contributed by atoms with Gasteiger partial charge >= 0.3 is 0 Å². The molecule has 7 heteroatoms. The van der Waals surface area contributed by atoms with E-state index in [9.17, 15) is 10.1 Å². The number of benzene rings is 1. The fourth-order valence-electron chi connectivity index (χ4n) is 2.65. The van der Waals surface area contributed by atoms with Gasteiger partial charge in [0, 0.05) is 31.8 Å². The number of hydrazine groups is 1. The molecular weight excluding hydrogens is 270 g/mol. The van der Waals surface area contributed by atoms with Gasteiger partial charge in [-0.1, -0.05) is 0 Å². The second-order valence-electron chi connectivity index (χ2n) is 5.53. The fraction of sp³-hybridized carbons (Fsp3) is 0.571. The number of non-ortho nitro benzene ring substituents is 1. The number of nitrogens with zero attached hydrogens (tertiary/aromatic N) is 3. The molecule has 1 aromatic carbocycles. The van der Waals surface area contributed by atoms with Gasteiger partial charge in [0.2, 0.25) is 0 Å². The van der Waals surface area contributed by atoms with Crippen molar-refractivity contribution in [3.05, 3.63) is 33.9 Å². The SMILES string of the molecule is CN(CCN1CCCC1)Cc1cc([N+](=O)[O-])ccc1NN. The first kappa shape index (κ1) is 15.7. The molecule has 0 amide bonds. The number of nitrogens with two attached hydrogens (primary N) is 1. The van der Waals surface area contributed by atoms with Crippen LogP contribution in [0.2, 0.25) is 0 Å². The Kier molecular flexibility index (Phi) is 5.49. The molecule has 0 aromatic heterocycles. The summed E-state index contributed by atoms with van der Waals surface area (Å²) >= 11 is 0. The standard InChI is InChI=1S/C14H23N5O2/c1-17(8-9-18-6-2-3-7-18)11-12-10-13(19(20)21)4-5-14(12)16-15/h4-5,10,16H,2-3,6-9,11,15H2,1H3. The lowest BCUT2D eigenvalue weighted by Crippen LogP contribution is -2.31. The lowest BCUT2D eigenvalue weighted by molar-refractivity contribution is -0.384. The van der Waals surface area contributed by atoms with Crippen LogP contribution in [0, 0.1) is 10.1 Å². The Labute approximate surface area is 124 Å². The molecule has 1 heterocycles. The van der Waals surface area contributed by atoms with Crippen LogP contribution in [-0.2, 0) is 6.54 Å². The first-order chi connectivity index (χ1) is 10.1. The van der Waals surface area contributed by atoms with E-state index in [4.69, 9.17) is 5.84 Å². The number of nitrogens with one attached hydrogen (secondary N) is 1. The average molecular weight is 293 g/mol. The van der Waals surface area contributed by atoms with Crippen molar-refractivity contribution in [2.24, 2.45) is 5.84 Å². The summed E-state index contributed by atoms with van der Waals surface area (Å²) in [6.07, 6.45) is 2.58. The minimum atomic E-state index is -0.381. The molecule has 21 heavy (non-hydrogen) atoms. The van der Waals surface area contributed by atoms with Gasteiger partial charge in [-0.15, -0.1) is 0 Å². The van der Waals surface area contributed by atoms with Crippen LogP contribution in [0.5, 0.6) is 0 Å². The number of nitrogen functional groups attached to an aromatic ring is 1. The molecule has 0 atom stereocenters. The third-order valence-electron chi connectivity index (χ3n) is 3.89. The molecule has 2 rings (SSSR count). The van der Waals surface area contributed by atoms with Crippen molar-refractivity contribution >= 4 is 11.4 Å². The molecule has 1 saturated heterocycles. The van der Waals surface area contributed by atoms with E-state index in [1.54, 1.807) is 12.1 Å². The minimum absolute atomic E-state index is 0.0944. The summed E-state index contributed by atoms with van der Waals surface area (Å²) in [5.41, 5.74) is 4.27. The van der Waals surface area contributed by atoms with Crippen molar-refractivity contribution in [2.75, 3.05) is 38.7 Å². The van der Waals surface area contributed by atoms with Crippen molar-refractivity contribution < 1.29 is 4.92 Å². The molecule has 1 aromatic rings. The van der Waals surface area contributed by atoms with Crippen LogP contribution in [-0.4, -0.2) is 47.9 Å². The predicted octanol–water partition coefficient (Wildman–Crippen LogP) is 1.41. The molecule has 0 saturated carbocycles. The Balaban J connectivity index is 1.96. The van der Waals surface area contributed by atoms with Crippen LogP contribution < -0.4 is 11.3 Å². The van der Waals surface area contributed by atoms with Crippen molar-refractivity contribution in [1.29, 1.82) is 0 Å². The summed E-state index contributed by atoms with van der Waals surface area (Å²) in [5, 5.41) is 10.9. The number of nitro groups is 1. The zero-order chi connectivity index (χ0) is 15.2. The number of hydrogen-bond acceptors (Lipinski definition) is 6. The van der Waals surface area contributed by atoms with E-state index in [2.05, 4.69) is 15.2 Å². The van der Waals surface area contributed by atoms with E-state index in [0.717, 1.165) is 24.3 Å². The lowest BCUT2D eigenvalue weighted by atomic mass is 10.1. The highest BCUT2D eigenvalue weighted by Gasteiger charge is 2.14. The predicted molar refractivity (Wildman–Crippen MR) is 82.9 cm³/mol. The number of likely N-dealkylation sites (tertiary alicyclic amines) is 1.